The molecule has 82 valence electrons. The smallest absolute Gasteiger partial charge is 0.308 e. The van der Waals surface area contributed by atoms with Gasteiger partial charge in [-0.1, -0.05) is 26.0 Å². The standard InChI is InChI=1S/C12H16O3/c1-8(2)10-6-5-7-11(14-4)12(10)15-9(3)13/h5-8H,1-4H3. The molecule has 0 fully saturated rings. The highest BCUT2D eigenvalue weighted by Crippen LogP contribution is 2.35. The quantitative estimate of drug-likeness (QED) is 0.566. The second kappa shape index (κ2) is 4.82. The van der Waals surface area contributed by atoms with Crippen LogP contribution in [0.5, 0.6) is 11.5 Å². The molecule has 0 radical (unpaired) electrons. The molecule has 0 atom stereocenters. The fourth-order valence-electron chi connectivity index (χ4n) is 1.40. The minimum atomic E-state index is -0.332. The fraction of sp³-hybridized carbons (Fsp3) is 0.417. The summed E-state index contributed by atoms with van der Waals surface area (Å²) in [7, 11) is 1.56. The van der Waals surface area contributed by atoms with Crippen molar-refractivity contribution in [3.05, 3.63) is 23.8 Å². The highest BCUT2D eigenvalue weighted by molar-refractivity contribution is 5.71. The van der Waals surface area contributed by atoms with Crippen molar-refractivity contribution < 1.29 is 14.3 Å². The van der Waals surface area contributed by atoms with Gasteiger partial charge in [-0.05, 0) is 12.0 Å². The Morgan fingerprint density at radius 2 is 2.00 bits per heavy atom. The normalized spacial score (nSPS) is 10.2. The van der Waals surface area contributed by atoms with E-state index in [0.717, 1.165) is 5.56 Å². The second-order valence-electron chi connectivity index (χ2n) is 3.63. The third-order valence-electron chi connectivity index (χ3n) is 2.10. The lowest BCUT2D eigenvalue weighted by molar-refractivity contribution is -0.132. The zero-order valence-corrected chi connectivity index (χ0v) is 9.53. The molecule has 3 heteroatoms. The average Bonchev–Trinajstić information content (AvgIpc) is 2.16. The Bertz CT molecular complexity index is 356. The fourth-order valence-corrected chi connectivity index (χ4v) is 1.40. The zero-order valence-electron chi connectivity index (χ0n) is 9.53. The van der Waals surface area contributed by atoms with Crippen molar-refractivity contribution in [1.29, 1.82) is 0 Å². The molecule has 0 aliphatic heterocycles. The van der Waals surface area contributed by atoms with E-state index in [9.17, 15) is 4.79 Å². The van der Waals surface area contributed by atoms with Crippen molar-refractivity contribution in [2.75, 3.05) is 7.11 Å². The number of hydrogen-bond acceptors (Lipinski definition) is 3. The van der Waals surface area contributed by atoms with Crippen molar-refractivity contribution in [3.8, 4) is 11.5 Å². The highest BCUT2D eigenvalue weighted by Gasteiger charge is 2.14. The minimum Gasteiger partial charge on any atom is -0.493 e. The number of rotatable bonds is 3. The molecule has 0 saturated heterocycles. The summed E-state index contributed by atoms with van der Waals surface area (Å²) < 4.78 is 10.3. The van der Waals surface area contributed by atoms with Crippen molar-refractivity contribution >= 4 is 5.97 Å². The van der Waals surface area contributed by atoms with Crippen LogP contribution in [0.15, 0.2) is 18.2 Å². The number of benzene rings is 1. The van der Waals surface area contributed by atoms with E-state index in [1.54, 1.807) is 13.2 Å². The maximum Gasteiger partial charge on any atom is 0.308 e. The van der Waals surface area contributed by atoms with Crippen molar-refractivity contribution in [3.63, 3.8) is 0 Å². The van der Waals surface area contributed by atoms with Gasteiger partial charge in [-0.3, -0.25) is 4.79 Å². The van der Waals surface area contributed by atoms with Gasteiger partial charge >= 0.3 is 5.97 Å². The molecule has 1 rings (SSSR count). The summed E-state index contributed by atoms with van der Waals surface area (Å²) >= 11 is 0. The molecule has 0 heterocycles. The number of para-hydroxylation sites is 1. The molecule has 0 spiro atoms. The number of methoxy groups -OCH3 is 1. The Morgan fingerprint density at radius 3 is 2.47 bits per heavy atom. The number of carbonyl (C=O) groups excluding carboxylic acids is 1. The van der Waals surface area contributed by atoms with Gasteiger partial charge in [-0.15, -0.1) is 0 Å². The summed E-state index contributed by atoms with van der Waals surface area (Å²) in [6.45, 7) is 5.47. The summed E-state index contributed by atoms with van der Waals surface area (Å²) in [4.78, 5) is 11.0. The highest BCUT2D eigenvalue weighted by atomic mass is 16.6. The van der Waals surface area contributed by atoms with Gasteiger partial charge in [-0.2, -0.15) is 0 Å². The lowest BCUT2D eigenvalue weighted by atomic mass is 10.0. The SMILES string of the molecule is COc1cccc(C(C)C)c1OC(C)=O. The van der Waals surface area contributed by atoms with Crippen LogP contribution in [0.2, 0.25) is 0 Å². The summed E-state index contributed by atoms with van der Waals surface area (Å²) in [6.07, 6.45) is 0. The Morgan fingerprint density at radius 1 is 1.33 bits per heavy atom. The van der Waals surface area contributed by atoms with Gasteiger partial charge in [0, 0.05) is 12.5 Å². The Balaban J connectivity index is 3.20. The largest absolute Gasteiger partial charge is 0.493 e. The van der Waals surface area contributed by atoms with E-state index in [1.807, 2.05) is 26.0 Å². The lowest BCUT2D eigenvalue weighted by Gasteiger charge is -2.14. The monoisotopic (exact) mass is 208 g/mol. The van der Waals surface area contributed by atoms with Crippen LogP contribution in [0.25, 0.3) is 0 Å². The molecule has 0 amide bonds. The van der Waals surface area contributed by atoms with E-state index in [-0.39, 0.29) is 11.9 Å². The molecule has 1 aromatic carbocycles. The van der Waals surface area contributed by atoms with Crippen LogP contribution >= 0.6 is 0 Å². The summed E-state index contributed by atoms with van der Waals surface area (Å²) in [6, 6.07) is 5.61. The number of carbonyl (C=O) groups is 1. The molecule has 1 aromatic rings. The van der Waals surface area contributed by atoms with Crippen molar-refractivity contribution in [1.82, 2.24) is 0 Å². The maximum absolute atomic E-state index is 11.0. The van der Waals surface area contributed by atoms with Gasteiger partial charge < -0.3 is 9.47 Å². The summed E-state index contributed by atoms with van der Waals surface area (Å²) in [5, 5.41) is 0. The van der Waals surface area contributed by atoms with Gasteiger partial charge in [0.2, 0.25) is 0 Å². The van der Waals surface area contributed by atoms with Gasteiger partial charge in [0.1, 0.15) is 0 Å². The van der Waals surface area contributed by atoms with Gasteiger partial charge in [-0.25, -0.2) is 0 Å². The Kier molecular flexibility index (Phi) is 3.72. The molecule has 0 bridgehead atoms. The second-order valence-corrected chi connectivity index (χ2v) is 3.63. The van der Waals surface area contributed by atoms with Gasteiger partial charge in [0.25, 0.3) is 0 Å². The van der Waals surface area contributed by atoms with E-state index >= 15 is 0 Å². The zero-order chi connectivity index (χ0) is 11.4. The lowest BCUT2D eigenvalue weighted by Crippen LogP contribution is -2.06. The molecule has 0 unspecified atom stereocenters. The van der Waals surface area contributed by atoms with E-state index in [0.29, 0.717) is 11.5 Å². The Hall–Kier alpha value is -1.51. The first-order chi connectivity index (χ1) is 7.06. The molecule has 0 N–H and O–H groups in total. The van der Waals surface area contributed by atoms with E-state index in [2.05, 4.69) is 0 Å². The van der Waals surface area contributed by atoms with E-state index in [1.165, 1.54) is 6.92 Å². The van der Waals surface area contributed by atoms with Crippen LogP contribution in [0.4, 0.5) is 0 Å². The molecule has 0 aliphatic rings. The predicted octanol–water partition coefficient (Wildman–Crippen LogP) is 2.74. The minimum absolute atomic E-state index is 0.287. The first-order valence-corrected chi connectivity index (χ1v) is 4.91. The molecule has 15 heavy (non-hydrogen) atoms. The first kappa shape index (κ1) is 11.6. The first-order valence-electron chi connectivity index (χ1n) is 4.91. The topological polar surface area (TPSA) is 35.5 Å². The maximum atomic E-state index is 11.0. The Labute approximate surface area is 90.0 Å². The molecule has 0 saturated carbocycles. The van der Waals surface area contributed by atoms with Crippen LogP contribution in [-0.4, -0.2) is 13.1 Å². The average molecular weight is 208 g/mol. The number of hydrogen-bond donors (Lipinski definition) is 0. The van der Waals surface area contributed by atoms with Crippen molar-refractivity contribution in [2.24, 2.45) is 0 Å². The number of esters is 1. The van der Waals surface area contributed by atoms with Crippen LogP contribution in [0.1, 0.15) is 32.3 Å². The molecule has 3 nitrogen and oxygen atoms in total. The molecular formula is C12H16O3. The number of ether oxygens (including phenoxy) is 2. The molecular weight excluding hydrogens is 192 g/mol. The predicted molar refractivity (Wildman–Crippen MR) is 58.4 cm³/mol. The van der Waals surface area contributed by atoms with Crippen LogP contribution in [0.3, 0.4) is 0 Å². The van der Waals surface area contributed by atoms with Crippen LogP contribution in [-0.2, 0) is 4.79 Å². The molecule has 0 aliphatic carbocycles. The van der Waals surface area contributed by atoms with Gasteiger partial charge in [0.05, 0.1) is 7.11 Å². The van der Waals surface area contributed by atoms with Gasteiger partial charge in [0.15, 0.2) is 11.5 Å². The summed E-state index contributed by atoms with van der Waals surface area (Å²) in [5.41, 5.74) is 0.976. The third-order valence-corrected chi connectivity index (χ3v) is 2.10. The van der Waals surface area contributed by atoms with E-state index in [4.69, 9.17) is 9.47 Å². The van der Waals surface area contributed by atoms with Crippen molar-refractivity contribution in [2.45, 2.75) is 26.7 Å². The van der Waals surface area contributed by atoms with E-state index < -0.39 is 0 Å². The molecule has 0 aromatic heterocycles. The van der Waals surface area contributed by atoms with Crippen LogP contribution in [0, 0.1) is 0 Å². The summed E-state index contributed by atoms with van der Waals surface area (Å²) in [5.74, 6) is 1.08. The third kappa shape index (κ3) is 2.72. The van der Waals surface area contributed by atoms with Crippen LogP contribution < -0.4 is 9.47 Å².